The molecule has 54 heavy (non-hydrogen) atoms. The minimum Gasteiger partial charge on any atom is -0.462 e. The van der Waals surface area contributed by atoms with Gasteiger partial charge in [0.15, 0.2) is 0 Å². The minimum atomic E-state index is -0.426. The first kappa shape index (κ1) is 48.9. The highest BCUT2D eigenvalue weighted by molar-refractivity contribution is 5.87. The summed E-state index contributed by atoms with van der Waals surface area (Å²) in [6.07, 6.45) is 19.6. The average molecular weight is 751 g/mol. The third-order valence-corrected chi connectivity index (χ3v) is 11.2. The third kappa shape index (κ3) is 18.0. The monoisotopic (exact) mass is 751 g/mol. The molecule has 0 radical (unpaired) electrons. The van der Waals surface area contributed by atoms with Gasteiger partial charge in [0.2, 0.25) is 0 Å². The topological polar surface area (TPSA) is 78.9 Å². The number of esters is 3. The molecule has 4 rings (SSSR count). The van der Waals surface area contributed by atoms with Crippen LogP contribution in [-0.2, 0) is 48.2 Å². The van der Waals surface area contributed by atoms with Crippen molar-refractivity contribution in [2.75, 3.05) is 6.61 Å². The molecule has 0 atom stereocenters. The van der Waals surface area contributed by atoms with Crippen LogP contribution in [0.15, 0.2) is 54.7 Å². The molecule has 0 spiro atoms. The number of rotatable bonds is 15. The molecule has 3 fully saturated rings. The first-order chi connectivity index (χ1) is 26.0. The van der Waals surface area contributed by atoms with Crippen molar-refractivity contribution >= 4 is 17.9 Å². The van der Waals surface area contributed by atoms with E-state index >= 15 is 0 Å². The van der Waals surface area contributed by atoms with Gasteiger partial charge in [0.05, 0.1) is 6.61 Å². The Balaban J connectivity index is 0.00000231. The van der Waals surface area contributed by atoms with Gasteiger partial charge >= 0.3 is 17.9 Å². The molecule has 3 saturated carbocycles. The van der Waals surface area contributed by atoms with Crippen molar-refractivity contribution in [1.29, 1.82) is 0 Å². The van der Waals surface area contributed by atoms with Crippen LogP contribution >= 0.6 is 0 Å². The smallest absolute Gasteiger partial charge is 0.333 e. The zero-order valence-electron chi connectivity index (χ0n) is 36.0. The predicted molar refractivity (Wildman–Crippen MR) is 225 cm³/mol. The largest absolute Gasteiger partial charge is 0.462 e. The third-order valence-electron chi connectivity index (χ3n) is 11.2. The van der Waals surface area contributed by atoms with Crippen molar-refractivity contribution in [3.63, 3.8) is 0 Å². The van der Waals surface area contributed by atoms with E-state index in [2.05, 4.69) is 31.9 Å². The standard InChI is InChI=1S/C42H60O6.3C2H6/c1-28(2)40(43)46-25-36-17-15-34(16-18-36)22-32-9-7-31(8-10-32)21-33-11-13-35(14-12-33)23-37-19-20-38(26-47-41(44)29(3)4)39(24-37)27-48-42(45)30(5)6;3*1-2/h19-20,24,31-36H,1,3,5,7-18,21-23,25-27H2,2,4,6H3;3*1-2H3. The van der Waals surface area contributed by atoms with Crippen LogP contribution < -0.4 is 0 Å². The summed E-state index contributed by atoms with van der Waals surface area (Å²) < 4.78 is 16.3. The predicted octanol–water partition coefficient (Wildman–Crippen LogP) is 12.9. The number of hydrogen-bond acceptors (Lipinski definition) is 6. The second kappa shape index (κ2) is 27.4. The zero-order valence-corrected chi connectivity index (χ0v) is 36.0. The van der Waals surface area contributed by atoms with Crippen LogP contribution in [0.4, 0.5) is 0 Å². The van der Waals surface area contributed by atoms with E-state index in [1.54, 1.807) is 20.8 Å². The van der Waals surface area contributed by atoms with Gasteiger partial charge in [0.25, 0.3) is 0 Å². The SMILES string of the molecule is C=C(C)C(=O)OCc1ccc(CC2CCC(CC3CCC(CC4CCC(COC(=O)C(=C)C)CC4)CC3)CC2)cc1COC(=O)C(=C)C.CC.CC.CC. The molecule has 0 unspecified atom stereocenters. The first-order valence-electron chi connectivity index (χ1n) is 21.5. The van der Waals surface area contributed by atoms with E-state index in [9.17, 15) is 14.4 Å². The van der Waals surface area contributed by atoms with Gasteiger partial charge in [-0.1, -0.05) is 131 Å². The summed E-state index contributed by atoms with van der Waals surface area (Å²) in [6.45, 7) is 28.8. The van der Waals surface area contributed by atoms with E-state index < -0.39 is 11.9 Å². The van der Waals surface area contributed by atoms with E-state index in [0.717, 1.165) is 41.2 Å². The van der Waals surface area contributed by atoms with Gasteiger partial charge in [-0.15, -0.1) is 0 Å². The molecular weight excluding hydrogens is 673 g/mol. The van der Waals surface area contributed by atoms with Crippen molar-refractivity contribution in [3.8, 4) is 0 Å². The van der Waals surface area contributed by atoms with Gasteiger partial charge in [-0.25, -0.2) is 14.4 Å². The molecule has 0 N–H and O–H groups in total. The van der Waals surface area contributed by atoms with Crippen LogP contribution in [0, 0.1) is 35.5 Å². The molecule has 1 aromatic rings. The lowest BCUT2D eigenvalue weighted by atomic mass is 9.70. The van der Waals surface area contributed by atoms with Crippen LogP contribution in [-0.4, -0.2) is 24.5 Å². The Kier molecular flexibility index (Phi) is 24.8. The van der Waals surface area contributed by atoms with Gasteiger partial charge in [0, 0.05) is 16.7 Å². The first-order valence-corrected chi connectivity index (χ1v) is 21.5. The lowest BCUT2D eigenvalue weighted by Crippen LogP contribution is -2.24. The molecule has 0 saturated heterocycles. The maximum Gasteiger partial charge on any atom is 0.333 e. The molecule has 0 amide bonds. The fourth-order valence-electron chi connectivity index (χ4n) is 8.22. The molecule has 6 heteroatoms. The molecule has 0 aromatic heterocycles. The van der Waals surface area contributed by atoms with E-state index in [1.807, 2.05) is 47.6 Å². The highest BCUT2D eigenvalue weighted by atomic mass is 16.5. The summed E-state index contributed by atoms with van der Waals surface area (Å²) in [5, 5.41) is 0. The molecule has 6 nitrogen and oxygen atoms in total. The van der Waals surface area contributed by atoms with Crippen LogP contribution in [0.25, 0.3) is 0 Å². The second-order valence-electron chi connectivity index (χ2n) is 15.5. The Labute approximate surface area is 331 Å². The molecular formula is C48H78O6. The zero-order chi connectivity index (χ0) is 40.6. The van der Waals surface area contributed by atoms with Gasteiger partial charge < -0.3 is 14.2 Å². The van der Waals surface area contributed by atoms with Crippen LogP contribution in [0.3, 0.4) is 0 Å². The summed E-state index contributed by atoms with van der Waals surface area (Å²) in [5.41, 5.74) is 4.17. The highest BCUT2D eigenvalue weighted by Gasteiger charge is 2.30. The Hall–Kier alpha value is -3.15. The van der Waals surface area contributed by atoms with Crippen molar-refractivity contribution in [1.82, 2.24) is 0 Å². The van der Waals surface area contributed by atoms with Crippen molar-refractivity contribution in [2.24, 2.45) is 35.5 Å². The van der Waals surface area contributed by atoms with Gasteiger partial charge in [0.1, 0.15) is 13.2 Å². The van der Waals surface area contributed by atoms with Crippen molar-refractivity contribution in [2.45, 2.75) is 172 Å². The maximum atomic E-state index is 12.1. The quantitative estimate of drug-likeness (QED) is 0.101. The fraction of sp³-hybridized carbons (Fsp3) is 0.688. The second-order valence-corrected chi connectivity index (χ2v) is 15.5. The van der Waals surface area contributed by atoms with Crippen LogP contribution in [0.2, 0.25) is 0 Å². The Bertz CT molecular complexity index is 1290. The fourth-order valence-corrected chi connectivity index (χ4v) is 8.22. The molecule has 0 heterocycles. The number of carbonyl (C=O) groups is 3. The molecule has 1 aromatic carbocycles. The van der Waals surface area contributed by atoms with Crippen LogP contribution in [0.1, 0.15) is 169 Å². The van der Waals surface area contributed by atoms with E-state index in [-0.39, 0.29) is 19.2 Å². The van der Waals surface area contributed by atoms with Gasteiger partial charge in [-0.05, 0) is 118 Å². The minimum absolute atomic E-state index is 0.121. The molecule has 3 aliphatic carbocycles. The molecule has 0 aliphatic heterocycles. The number of carbonyl (C=O) groups excluding carboxylic acids is 3. The normalized spacial score (nSPS) is 23.3. The molecule has 3 aliphatic rings. The van der Waals surface area contributed by atoms with Gasteiger partial charge in [-0.2, -0.15) is 0 Å². The summed E-state index contributed by atoms with van der Waals surface area (Å²) in [5.74, 6) is 3.62. The van der Waals surface area contributed by atoms with Gasteiger partial charge in [-0.3, -0.25) is 0 Å². The van der Waals surface area contributed by atoms with Crippen molar-refractivity contribution in [3.05, 3.63) is 71.3 Å². The van der Waals surface area contributed by atoms with Crippen LogP contribution in [0.5, 0.6) is 0 Å². The van der Waals surface area contributed by atoms with Crippen molar-refractivity contribution < 1.29 is 28.6 Å². The number of hydrogen-bond donors (Lipinski definition) is 0. The summed E-state index contributed by atoms with van der Waals surface area (Å²) in [6, 6.07) is 6.25. The lowest BCUT2D eigenvalue weighted by molar-refractivity contribution is -0.141. The Morgan fingerprint density at radius 3 is 1.22 bits per heavy atom. The summed E-state index contributed by atoms with van der Waals surface area (Å²) in [4.78, 5) is 35.8. The molecule has 306 valence electrons. The number of ether oxygens (including phenoxy) is 3. The summed E-state index contributed by atoms with van der Waals surface area (Å²) >= 11 is 0. The highest BCUT2D eigenvalue weighted by Crippen LogP contribution is 2.42. The maximum absolute atomic E-state index is 12.1. The summed E-state index contributed by atoms with van der Waals surface area (Å²) in [7, 11) is 0. The number of benzene rings is 1. The van der Waals surface area contributed by atoms with E-state index in [0.29, 0.717) is 35.2 Å². The Morgan fingerprint density at radius 1 is 0.500 bits per heavy atom. The average Bonchev–Trinajstić information content (AvgIpc) is 3.19. The molecule has 0 bridgehead atoms. The van der Waals surface area contributed by atoms with E-state index in [4.69, 9.17) is 14.2 Å². The lowest BCUT2D eigenvalue weighted by Gasteiger charge is -2.36. The van der Waals surface area contributed by atoms with E-state index in [1.165, 1.54) is 95.5 Å². The Morgan fingerprint density at radius 2 is 0.833 bits per heavy atom.